The predicted octanol–water partition coefficient (Wildman–Crippen LogP) is 2.06. The molecular formula is C14H19FN2O. The highest BCUT2D eigenvalue weighted by Crippen LogP contribution is 2.32. The van der Waals surface area contributed by atoms with E-state index in [2.05, 4.69) is 0 Å². The van der Waals surface area contributed by atoms with Crippen molar-refractivity contribution in [3.05, 3.63) is 35.6 Å². The van der Waals surface area contributed by atoms with E-state index in [1.807, 2.05) is 0 Å². The van der Waals surface area contributed by atoms with Gasteiger partial charge in [0.15, 0.2) is 0 Å². The first kappa shape index (κ1) is 13.0. The first-order valence-electron chi connectivity index (χ1n) is 6.26. The van der Waals surface area contributed by atoms with Gasteiger partial charge in [0.25, 0.3) is 0 Å². The number of nitrogens with two attached hydrogens (primary N) is 1. The van der Waals surface area contributed by atoms with E-state index in [4.69, 9.17) is 5.73 Å². The Balaban J connectivity index is 1.88. The summed E-state index contributed by atoms with van der Waals surface area (Å²) < 4.78 is 12.8. The first-order chi connectivity index (χ1) is 8.48. The number of amides is 1. The number of hydrogen-bond donors (Lipinski definition) is 1. The first-order valence-corrected chi connectivity index (χ1v) is 6.26. The molecule has 0 bridgehead atoms. The number of hydrogen-bond acceptors (Lipinski definition) is 2. The molecule has 0 unspecified atom stereocenters. The van der Waals surface area contributed by atoms with Gasteiger partial charge in [-0.3, -0.25) is 4.79 Å². The SMILES string of the molecule is CN(Cc1ccc(F)cc1)C(=O)CC1(N)CCC1. The van der Waals surface area contributed by atoms with E-state index in [1.54, 1.807) is 24.1 Å². The van der Waals surface area contributed by atoms with Gasteiger partial charge in [-0.25, -0.2) is 4.39 Å². The summed E-state index contributed by atoms with van der Waals surface area (Å²) in [4.78, 5) is 13.6. The van der Waals surface area contributed by atoms with Crippen molar-refractivity contribution < 1.29 is 9.18 Å². The van der Waals surface area contributed by atoms with Crippen LogP contribution in [0, 0.1) is 5.82 Å². The normalized spacial score (nSPS) is 17.1. The fourth-order valence-corrected chi connectivity index (χ4v) is 2.20. The number of carbonyl (C=O) groups is 1. The Bertz CT molecular complexity index is 426. The number of benzene rings is 1. The summed E-state index contributed by atoms with van der Waals surface area (Å²) in [5, 5.41) is 0. The van der Waals surface area contributed by atoms with Gasteiger partial charge in [-0.15, -0.1) is 0 Å². The summed E-state index contributed by atoms with van der Waals surface area (Å²) in [6.07, 6.45) is 3.39. The third kappa shape index (κ3) is 3.07. The van der Waals surface area contributed by atoms with Crippen LogP contribution in [-0.4, -0.2) is 23.4 Å². The Morgan fingerprint density at radius 2 is 2.00 bits per heavy atom. The molecule has 0 spiro atoms. The largest absolute Gasteiger partial charge is 0.341 e. The van der Waals surface area contributed by atoms with Crippen molar-refractivity contribution in [2.24, 2.45) is 5.73 Å². The molecule has 1 aliphatic carbocycles. The van der Waals surface area contributed by atoms with Crippen molar-refractivity contribution in [1.29, 1.82) is 0 Å². The van der Waals surface area contributed by atoms with Gasteiger partial charge in [-0.05, 0) is 37.0 Å². The lowest BCUT2D eigenvalue weighted by Gasteiger charge is -2.38. The van der Waals surface area contributed by atoms with Crippen molar-refractivity contribution in [1.82, 2.24) is 4.90 Å². The third-order valence-corrected chi connectivity index (χ3v) is 3.61. The molecule has 1 aliphatic rings. The maximum Gasteiger partial charge on any atom is 0.224 e. The van der Waals surface area contributed by atoms with E-state index >= 15 is 0 Å². The van der Waals surface area contributed by atoms with Crippen LogP contribution in [0.1, 0.15) is 31.2 Å². The fourth-order valence-electron chi connectivity index (χ4n) is 2.20. The zero-order chi connectivity index (χ0) is 13.2. The molecule has 18 heavy (non-hydrogen) atoms. The van der Waals surface area contributed by atoms with Gasteiger partial charge in [0.05, 0.1) is 0 Å². The minimum atomic E-state index is -0.284. The molecule has 1 fully saturated rings. The van der Waals surface area contributed by atoms with Crippen LogP contribution in [0.2, 0.25) is 0 Å². The van der Waals surface area contributed by atoms with Gasteiger partial charge in [0.2, 0.25) is 5.91 Å². The maximum atomic E-state index is 12.8. The molecule has 2 rings (SSSR count). The summed E-state index contributed by atoms with van der Waals surface area (Å²) in [7, 11) is 1.76. The van der Waals surface area contributed by atoms with Gasteiger partial charge in [-0.2, -0.15) is 0 Å². The lowest BCUT2D eigenvalue weighted by atomic mass is 9.75. The summed E-state index contributed by atoms with van der Waals surface area (Å²) in [6.45, 7) is 0.495. The highest BCUT2D eigenvalue weighted by molar-refractivity contribution is 5.77. The van der Waals surface area contributed by atoms with E-state index < -0.39 is 0 Å². The summed E-state index contributed by atoms with van der Waals surface area (Å²) in [5.41, 5.74) is 6.70. The highest BCUT2D eigenvalue weighted by Gasteiger charge is 2.35. The van der Waals surface area contributed by atoms with E-state index in [0.29, 0.717) is 13.0 Å². The van der Waals surface area contributed by atoms with Crippen LogP contribution in [0.25, 0.3) is 0 Å². The second-order valence-corrected chi connectivity index (χ2v) is 5.27. The topological polar surface area (TPSA) is 46.3 Å². The predicted molar refractivity (Wildman–Crippen MR) is 68.3 cm³/mol. The monoisotopic (exact) mass is 250 g/mol. The lowest BCUT2D eigenvalue weighted by Crippen LogP contribution is -2.50. The van der Waals surface area contributed by atoms with E-state index in [9.17, 15) is 9.18 Å². The minimum Gasteiger partial charge on any atom is -0.341 e. The Kier molecular flexibility index (Phi) is 3.66. The summed E-state index contributed by atoms with van der Waals surface area (Å²) in [5.74, 6) is -0.204. The van der Waals surface area contributed by atoms with Crippen LogP contribution in [0.3, 0.4) is 0 Å². The van der Waals surface area contributed by atoms with Crippen molar-refractivity contribution in [2.75, 3.05) is 7.05 Å². The van der Waals surface area contributed by atoms with Gasteiger partial charge < -0.3 is 10.6 Å². The number of rotatable bonds is 4. The third-order valence-electron chi connectivity index (χ3n) is 3.61. The molecule has 1 aromatic rings. The molecule has 1 saturated carbocycles. The van der Waals surface area contributed by atoms with Gasteiger partial charge in [0, 0.05) is 25.6 Å². The van der Waals surface area contributed by atoms with Crippen LogP contribution in [0.15, 0.2) is 24.3 Å². The molecule has 0 saturated heterocycles. The fraction of sp³-hybridized carbons (Fsp3) is 0.500. The zero-order valence-corrected chi connectivity index (χ0v) is 10.7. The summed E-state index contributed by atoms with van der Waals surface area (Å²) in [6, 6.07) is 6.20. The molecule has 0 radical (unpaired) electrons. The average molecular weight is 250 g/mol. The second kappa shape index (κ2) is 5.06. The lowest BCUT2D eigenvalue weighted by molar-refractivity contribution is -0.132. The molecule has 0 atom stereocenters. The second-order valence-electron chi connectivity index (χ2n) is 5.27. The minimum absolute atomic E-state index is 0.0570. The van der Waals surface area contributed by atoms with Gasteiger partial charge in [0.1, 0.15) is 5.82 Å². The molecule has 2 N–H and O–H groups in total. The molecular weight excluding hydrogens is 231 g/mol. The van der Waals surface area contributed by atoms with Crippen molar-refractivity contribution in [3.63, 3.8) is 0 Å². The van der Waals surface area contributed by atoms with Crippen LogP contribution in [-0.2, 0) is 11.3 Å². The van der Waals surface area contributed by atoms with E-state index in [-0.39, 0.29) is 17.3 Å². The number of halogens is 1. The molecule has 98 valence electrons. The molecule has 0 aliphatic heterocycles. The summed E-state index contributed by atoms with van der Waals surface area (Å²) >= 11 is 0. The van der Waals surface area contributed by atoms with Crippen molar-refractivity contribution >= 4 is 5.91 Å². The van der Waals surface area contributed by atoms with Crippen LogP contribution >= 0.6 is 0 Å². The zero-order valence-electron chi connectivity index (χ0n) is 10.7. The molecule has 0 aromatic heterocycles. The van der Waals surface area contributed by atoms with Crippen LogP contribution in [0.5, 0.6) is 0 Å². The van der Waals surface area contributed by atoms with Crippen LogP contribution in [0.4, 0.5) is 4.39 Å². The van der Waals surface area contributed by atoms with Crippen LogP contribution < -0.4 is 5.73 Å². The average Bonchev–Trinajstić information content (AvgIpc) is 2.30. The Morgan fingerprint density at radius 3 is 2.50 bits per heavy atom. The maximum absolute atomic E-state index is 12.8. The Labute approximate surface area is 107 Å². The quantitative estimate of drug-likeness (QED) is 0.889. The smallest absolute Gasteiger partial charge is 0.224 e. The number of carbonyl (C=O) groups excluding carboxylic acids is 1. The standard InChI is InChI=1S/C14H19FN2O/c1-17(10-11-3-5-12(15)6-4-11)13(18)9-14(16)7-2-8-14/h3-6H,2,7-10,16H2,1H3. The highest BCUT2D eigenvalue weighted by atomic mass is 19.1. The molecule has 1 amide bonds. The number of nitrogens with zero attached hydrogens (tertiary/aromatic N) is 1. The Morgan fingerprint density at radius 1 is 1.39 bits per heavy atom. The van der Waals surface area contributed by atoms with Crippen molar-refractivity contribution in [3.8, 4) is 0 Å². The molecule has 0 heterocycles. The molecule has 3 nitrogen and oxygen atoms in total. The van der Waals surface area contributed by atoms with E-state index in [0.717, 1.165) is 24.8 Å². The van der Waals surface area contributed by atoms with Gasteiger partial charge in [-0.1, -0.05) is 12.1 Å². The van der Waals surface area contributed by atoms with E-state index in [1.165, 1.54) is 12.1 Å². The molecule has 1 aromatic carbocycles. The van der Waals surface area contributed by atoms with Gasteiger partial charge >= 0.3 is 0 Å². The molecule has 4 heteroatoms. The Hall–Kier alpha value is -1.42. The van der Waals surface area contributed by atoms with Crippen molar-refractivity contribution in [2.45, 2.75) is 37.8 Å².